The molecule has 0 bridgehead atoms. The van der Waals surface area contributed by atoms with Crippen molar-refractivity contribution in [2.75, 3.05) is 0 Å². The van der Waals surface area contributed by atoms with Crippen LogP contribution in [0.4, 0.5) is 26.3 Å². The van der Waals surface area contributed by atoms with Crippen LogP contribution in [0.1, 0.15) is 61.2 Å². The minimum atomic E-state index is -5.21. The summed E-state index contributed by atoms with van der Waals surface area (Å²) in [4.78, 5) is 0. The Kier molecular flexibility index (Phi) is 14.4. The van der Waals surface area contributed by atoms with Crippen LogP contribution in [0.15, 0.2) is 200 Å². The number of fused-ring (bicyclic) bond motifs is 6. The van der Waals surface area contributed by atoms with Gasteiger partial charge >= 0.3 is 12.4 Å². The molecule has 94 heavy (non-hydrogen) atoms. The van der Waals surface area contributed by atoms with Crippen LogP contribution in [0.5, 0.6) is 0 Å². The minimum Gasteiger partial charge on any atom is -0.309 e. The molecule has 0 N–H and O–H groups in total. The fourth-order valence-electron chi connectivity index (χ4n) is 12.3. The van der Waals surface area contributed by atoms with E-state index in [1.807, 2.05) is 45.5 Å². The Morgan fingerprint density at radius 3 is 0.787 bits per heavy atom. The molecule has 0 fully saturated rings. The van der Waals surface area contributed by atoms with Gasteiger partial charge in [-0.1, -0.05) is 66.7 Å². The quantitative estimate of drug-likeness (QED) is 0.132. The van der Waals surface area contributed by atoms with E-state index in [9.17, 15) is 73.7 Å². The van der Waals surface area contributed by atoms with E-state index in [-0.39, 0.29) is 67.4 Å². The van der Waals surface area contributed by atoms with Gasteiger partial charge in [-0.3, -0.25) is 0 Å². The summed E-state index contributed by atoms with van der Waals surface area (Å²) in [6, 6.07) is 70.5. The highest BCUT2D eigenvalue weighted by atomic mass is 19.4. The standard InChI is InChI=1S/C77H33F6N11/c78-76(79,80)58-26-53(27-59(33-58)77(81,82)83)48-6-16-65(75(32-48)94-72-19-9-51(62-13-3-45(36-86)23-56(62)41-91)30-68(72)69-31-52(10-20-73(69)94)63-14-4-46(37-87)24-57(63)42-92)64-15-5-47(38-88)25-74(64)93-70-17-7-49(60-11-1-43(34-84)21-54(60)39-89)28-66(70)67-29-50(8-18-71(67)93)61-12-2-44(35-85)22-55(61)40-90/h1-33H. The molecule has 2 heterocycles. The van der Waals surface area contributed by atoms with Crippen LogP contribution in [0.3, 0.4) is 0 Å². The first-order valence-electron chi connectivity index (χ1n) is 28.4. The van der Waals surface area contributed by atoms with Crippen LogP contribution < -0.4 is 0 Å². The molecule has 0 aliphatic carbocycles. The summed E-state index contributed by atoms with van der Waals surface area (Å²) in [5.41, 5.74) is 5.98. The number of nitrogens with zero attached hydrogens (tertiary/aromatic N) is 11. The number of halogens is 6. The SMILES string of the molecule is N#Cc1ccc(-c2ccc3c(c2)c2cc(-c4ccc(C#N)cc4C#N)ccc2n3-c2cc(C#N)ccc2-c2ccc(-c3cc(C(F)(F)F)cc(C(F)(F)F)c3)cc2-n2c3ccc(-c4ccc(C#N)cc4C#N)cc3c3cc(-c4ccc(C#N)cc4C#N)ccc32)c(C#N)c1. The molecule has 13 aromatic rings. The monoisotopic (exact) mass is 1230 g/mol. The Morgan fingerprint density at radius 2 is 0.500 bits per heavy atom. The van der Waals surface area contributed by atoms with Gasteiger partial charge in [-0.15, -0.1) is 0 Å². The van der Waals surface area contributed by atoms with E-state index in [1.54, 1.807) is 109 Å². The van der Waals surface area contributed by atoms with E-state index in [1.165, 1.54) is 36.4 Å². The van der Waals surface area contributed by atoms with Gasteiger partial charge in [0, 0.05) is 32.7 Å². The first kappa shape index (κ1) is 59.0. The molecule has 438 valence electrons. The Hall–Kier alpha value is -14.0. The van der Waals surface area contributed by atoms with Crippen molar-refractivity contribution in [1.29, 1.82) is 47.4 Å². The third-order valence-electron chi connectivity index (χ3n) is 16.7. The van der Waals surface area contributed by atoms with Crippen molar-refractivity contribution >= 4 is 43.6 Å². The molecule has 17 heteroatoms. The van der Waals surface area contributed by atoms with E-state index in [0.29, 0.717) is 117 Å². The average Bonchev–Trinajstić information content (AvgIpc) is 1.55. The highest BCUT2D eigenvalue weighted by molar-refractivity contribution is 6.14. The second-order valence-electron chi connectivity index (χ2n) is 21.9. The molecular formula is C77H33F6N11. The van der Waals surface area contributed by atoms with Gasteiger partial charge in [-0.05, 0) is 189 Å². The maximum atomic E-state index is 14.8. The summed E-state index contributed by atoms with van der Waals surface area (Å²) in [6.45, 7) is 0. The van der Waals surface area contributed by atoms with Gasteiger partial charge in [0.2, 0.25) is 0 Å². The van der Waals surface area contributed by atoms with Crippen LogP contribution in [0.25, 0.3) is 122 Å². The van der Waals surface area contributed by atoms with Crippen LogP contribution in [-0.2, 0) is 12.4 Å². The molecule has 0 atom stereocenters. The lowest BCUT2D eigenvalue weighted by Gasteiger charge is -2.21. The molecule has 0 unspecified atom stereocenters. The van der Waals surface area contributed by atoms with Crippen LogP contribution in [0, 0.1) is 102 Å². The fourth-order valence-corrected chi connectivity index (χ4v) is 12.3. The van der Waals surface area contributed by atoms with Gasteiger partial charge in [0.15, 0.2) is 0 Å². The molecule has 0 spiro atoms. The van der Waals surface area contributed by atoms with Gasteiger partial charge in [-0.2, -0.15) is 73.7 Å². The summed E-state index contributed by atoms with van der Waals surface area (Å²) in [5, 5.41) is 93.7. The third-order valence-corrected chi connectivity index (χ3v) is 16.7. The highest BCUT2D eigenvalue weighted by Gasteiger charge is 2.37. The van der Waals surface area contributed by atoms with Crippen molar-refractivity contribution in [1.82, 2.24) is 9.13 Å². The zero-order chi connectivity index (χ0) is 65.9. The highest BCUT2D eigenvalue weighted by Crippen LogP contribution is 2.47. The fraction of sp³-hybridized carbons (Fsp3) is 0.0260. The number of alkyl halides is 6. The summed E-state index contributed by atoms with van der Waals surface area (Å²) in [7, 11) is 0. The number of rotatable bonds is 8. The molecule has 0 amide bonds. The summed E-state index contributed by atoms with van der Waals surface area (Å²) in [5.74, 6) is 0. The molecule has 0 saturated carbocycles. The van der Waals surface area contributed by atoms with Crippen molar-refractivity contribution in [3.63, 3.8) is 0 Å². The van der Waals surface area contributed by atoms with Gasteiger partial charge < -0.3 is 9.13 Å². The predicted molar refractivity (Wildman–Crippen MR) is 340 cm³/mol. The predicted octanol–water partition coefficient (Wildman–Crippen LogP) is 18.8. The summed E-state index contributed by atoms with van der Waals surface area (Å²) < 4.78 is 92.3. The van der Waals surface area contributed by atoms with Crippen LogP contribution in [0.2, 0.25) is 0 Å². The first-order chi connectivity index (χ1) is 45.4. The molecule has 0 aliphatic heterocycles. The number of aromatic nitrogens is 2. The van der Waals surface area contributed by atoms with Crippen LogP contribution in [-0.4, -0.2) is 9.13 Å². The van der Waals surface area contributed by atoms with Crippen molar-refractivity contribution in [2.45, 2.75) is 12.4 Å². The number of benzene rings is 11. The lowest BCUT2D eigenvalue weighted by atomic mass is 9.94. The van der Waals surface area contributed by atoms with E-state index < -0.39 is 29.0 Å². The van der Waals surface area contributed by atoms with Crippen molar-refractivity contribution in [3.8, 4) is 133 Å². The molecule has 0 saturated heterocycles. The number of hydrogen-bond donors (Lipinski definition) is 0. The van der Waals surface area contributed by atoms with Gasteiger partial charge in [0.1, 0.15) is 0 Å². The van der Waals surface area contributed by atoms with Gasteiger partial charge in [0.25, 0.3) is 0 Å². The van der Waals surface area contributed by atoms with Gasteiger partial charge in [-0.25, -0.2) is 0 Å². The molecule has 0 aliphatic rings. The molecular weight excluding hydrogens is 1190 g/mol. The number of nitriles is 9. The minimum absolute atomic E-state index is 0.0539. The first-order valence-corrected chi connectivity index (χ1v) is 28.4. The van der Waals surface area contributed by atoms with E-state index in [4.69, 9.17) is 0 Å². The Balaban J connectivity index is 1.15. The van der Waals surface area contributed by atoms with Crippen molar-refractivity contribution in [2.24, 2.45) is 0 Å². The molecule has 2 aromatic heterocycles. The Morgan fingerprint density at radius 1 is 0.234 bits per heavy atom. The smallest absolute Gasteiger partial charge is 0.309 e. The Labute approximate surface area is 530 Å². The van der Waals surface area contributed by atoms with Crippen molar-refractivity contribution < 1.29 is 26.3 Å². The molecule has 0 radical (unpaired) electrons. The topological polar surface area (TPSA) is 224 Å². The maximum Gasteiger partial charge on any atom is 0.416 e. The largest absolute Gasteiger partial charge is 0.416 e. The van der Waals surface area contributed by atoms with E-state index in [0.717, 1.165) is 0 Å². The molecule has 13 rings (SSSR count). The van der Waals surface area contributed by atoms with E-state index in [2.05, 4.69) is 54.6 Å². The maximum absolute atomic E-state index is 14.8. The summed E-state index contributed by atoms with van der Waals surface area (Å²) in [6.07, 6.45) is -10.4. The molecule has 11 nitrogen and oxygen atoms in total. The molecule has 11 aromatic carbocycles. The number of hydrogen-bond acceptors (Lipinski definition) is 9. The van der Waals surface area contributed by atoms with Gasteiger partial charge in [0.05, 0.1) is 149 Å². The Bertz CT molecular complexity index is 5620. The third kappa shape index (κ3) is 10.1. The normalized spacial score (nSPS) is 11.2. The zero-order valence-corrected chi connectivity index (χ0v) is 48.2. The second-order valence-corrected chi connectivity index (χ2v) is 21.9. The van der Waals surface area contributed by atoms with Crippen LogP contribution >= 0.6 is 0 Å². The second kappa shape index (κ2) is 22.9. The lowest BCUT2D eigenvalue weighted by molar-refractivity contribution is -0.143. The lowest BCUT2D eigenvalue weighted by Crippen LogP contribution is -2.11. The zero-order valence-electron chi connectivity index (χ0n) is 48.2. The average molecular weight is 1230 g/mol. The van der Waals surface area contributed by atoms with Crippen molar-refractivity contribution in [3.05, 3.63) is 261 Å². The summed E-state index contributed by atoms with van der Waals surface area (Å²) >= 11 is 0. The van der Waals surface area contributed by atoms with E-state index >= 15 is 0 Å².